The third-order valence-electron chi connectivity index (χ3n) is 4.48. The summed E-state index contributed by atoms with van der Waals surface area (Å²) >= 11 is 0. The Bertz CT molecular complexity index is 228. The molecule has 34 heavy (non-hydrogen) atoms. The van der Waals surface area contributed by atoms with Crippen molar-refractivity contribution in [3.05, 3.63) is 39.5 Å². The van der Waals surface area contributed by atoms with E-state index in [-0.39, 0.29) is 13.2 Å². The summed E-state index contributed by atoms with van der Waals surface area (Å²) in [4.78, 5) is 0. The standard InChI is InChI=1S/C18H38O.C4H10O3.3C2H4.CH4O/c1-2-3-4-5-6-7-8-9-10-11-12-13-14-15-16-17-18-19;5-1-3-7-4-2-6;4*1-2/h19H,2-18H2,1H3;5-6H,1-4H2;3*1-2H2;2H,1H3. The lowest BCUT2D eigenvalue weighted by Crippen LogP contribution is -2.03. The molecule has 0 aliphatic heterocycles. The first kappa shape index (κ1) is 46.4. The Hall–Kier alpha value is -0.980. The molecule has 0 atom stereocenters. The maximum Gasteiger partial charge on any atom is 0.0698 e. The van der Waals surface area contributed by atoms with Gasteiger partial charge in [0.15, 0.2) is 0 Å². The van der Waals surface area contributed by atoms with E-state index in [0.29, 0.717) is 19.8 Å². The van der Waals surface area contributed by atoms with Crippen LogP contribution in [0.4, 0.5) is 0 Å². The monoisotopic (exact) mass is 492 g/mol. The lowest BCUT2D eigenvalue weighted by Gasteiger charge is -2.03. The zero-order valence-corrected chi connectivity index (χ0v) is 23.3. The first-order chi connectivity index (χ1) is 16.8. The van der Waals surface area contributed by atoms with Crippen LogP contribution < -0.4 is 0 Å². The normalized spacial score (nSPS) is 8.65. The summed E-state index contributed by atoms with van der Waals surface area (Å²) < 4.78 is 4.63. The lowest BCUT2D eigenvalue weighted by atomic mass is 10.0. The van der Waals surface area contributed by atoms with Gasteiger partial charge >= 0.3 is 0 Å². The molecule has 0 spiro atoms. The molecule has 0 saturated carbocycles. The molecular formula is C29H64O5. The maximum absolute atomic E-state index is 8.67. The molecule has 0 aliphatic carbocycles. The fourth-order valence-corrected chi connectivity index (χ4v) is 2.89. The molecule has 0 aliphatic rings. The summed E-state index contributed by atoms with van der Waals surface area (Å²) in [6.45, 7) is 21.4. The van der Waals surface area contributed by atoms with Gasteiger partial charge in [0.1, 0.15) is 0 Å². The summed E-state index contributed by atoms with van der Waals surface area (Å²) in [5, 5.41) is 31.8. The molecule has 0 heterocycles. The number of ether oxygens (including phenoxy) is 1. The summed E-state index contributed by atoms with van der Waals surface area (Å²) in [6.07, 6.45) is 22.2. The van der Waals surface area contributed by atoms with Crippen molar-refractivity contribution in [2.24, 2.45) is 0 Å². The van der Waals surface area contributed by atoms with Gasteiger partial charge in [0, 0.05) is 13.7 Å². The minimum Gasteiger partial charge on any atom is -0.400 e. The molecule has 0 bridgehead atoms. The van der Waals surface area contributed by atoms with E-state index in [2.05, 4.69) is 51.1 Å². The van der Waals surface area contributed by atoms with Gasteiger partial charge in [-0.25, -0.2) is 0 Å². The minimum atomic E-state index is 0.0278. The molecule has 4 N–H and O–H groups in total. The van der Waals surface area contributed by atoms with Crippen molar-refractivity contribution in [1.29, 1.82) is 0 Å². The van der Waals surface area contributed by atoms with Crippen molar-refractivity contribution in [1.82, 2.24) is 0 Å². The molecule has 0 aromatic carbocycles. The molecule has 0 saturated heterocycles. The fourth-order valence-electron chi connectivity index (χ4n) is 2.89. The molecule has 5 nitrogen and oxygen atoms in total. The predicted octanol–water partition coefficient (Wildman–Crippen LogP) is 7.24. The molecule has 0 aromatic rings. The van der Waals surface area contributed by atoms with E-state index in [1.165, 1.54) is 96.3 Å². The van der Waals surface area contributed by atoms with Gasteiger partial charge in [0.2, 0.25) is 0 Å². The highest BCUT2D eigenvalue weighted by atomic mass is 16.5. The molecule has 0 radical (unpaired) electrons. The van der Waals surface area contributed by atoms with E-state index in [1.54, 1.807) is 0 Å². The van der Waals surface area contributed by atoms with Gasteiger partial charge in [-0.3, -0.25) is 0 Å². The first-order valence-corrected chi connectivity index (χ1v) is 13.2. The van der Waals surface area contributed by atoms with Gasteiger partial charge in [0.05, 0.1) is 26.4 Å². The third-order valence-corrected chi connectivity index (χ3v) is 4.48. The van der Waals surface area contributed by atoms with E-state index in [9.17, 15) is 0 Å². The van der Waals surface area contributed by atoms with E-state index in [0.717, 1.165) is 13.5 Å². The summed E-state index contributed by atoms with van der Waals surface area (Å²) in [5.74, 6) is 0. The Kier molecular flexibility index (Phi) is 95.1. The number of aliphatic hydroxyl groups is 4. The van der Waals surface area contributed by atoms with Crippen LogP contribution in [0.25, 0.3) is 0 Å². The van der Waals surface area contributed by atoms with Crippen LogP contribution in [0.3, 0.4) is 0 Å². The third kappa shape index (κ3) is 77.3. The molecular weight excluding hydrogens is 428 g/mol. The van der Waals surface area contributed by atoms with Crippen molar-refractivity contribution in [2.45, 2.75) is 110 Å². The summed E-state index contributed by atoms with van der Waals surface area (Å²) in [5.41, 5.74) is 0. The van der Waals surface area contributed by atoms with Gasteiger partial charge in [-0.2, -0.15) is 0 Å². The van der Waals surface area contributed by atoms with Crippen molar-refractivity contribution < 1.29 is 25.2 Å². The molecule has 0 unspecified atom stereocenters. The zero-order chi connectivity index (χ0) is 27.6. The average Bonchev–Trinajstić information content (AvgIpc) is 2.92. The van der Waals surface area contributed by atoms with E-state index >= 15 is 0 Å². The second-order valence-electron chi connectivity index (χ2n) is 7.09. The zero-order valence-electron chi connectivity index (χ0n) is 23.3. The highest BCUT2D eigenvalue weighted by Crippen LogP contribution is 2.13. The van der Waals surface area contributed by atoms with E-state index < -0.39 is 0 Å². The van der Waals surface area contributed by atoms with Gasteiger partial charge in [-0.1, -0.05) is 103 Å². The Labute approximate surface area is 214 Å². The number of hydrogen-bond acceptors (Lipinski definition) is 5. The quantitative estimate of drug-likeness (QED) is 0.106. The van der Waals surface area contributed by atoms with E-state index in [4.69, 9.17) is 20.4 Å². The average molecular weight is 493 g/mol. The Morgan fingerprint density at radius 2 is 0.647 bits per heavy atom. The van der Waals surface area contributed by atoms with Crippen molar-refractivity contribution in [2.75, 3.05) is 40.1 Å². The Morgan fingerprint density at radius 3 is 0.853 bits per heavy atom. The topological polar surface area (TPSA) is 90.2 Å². The molecule has 210 valence electrons. The SMILES string of the molecule is C=C.C=C.C=C.CCCCCCCCCCCCCCCCCCO.CO.OCCOCCO. The van der Waals surface area contributed by atoms with Crippen LogP contribution >= 0.6 is 0 Å². The van der Waals surface area contributed by atoms with Gasteiger partial charge in [0.25, 0.3) is 0 Å². The maximum atomic E-state index is 8.67. The Morgan fingerprint density at radius 1 is 0.412 bits per heavy atom. The minimum absolute atomic E-state index is 0.0278. The smallest absolute Gasteiger partial charge is 0.0698 e. The van der Waals surface area contributed by atoms with Crippen molar-refractivity contribution >= 4 is 0 Å². The number of hydrogen-bond donors (Lipinski definition) is 4. The van der Waals surface area contributed by atoms with Crippen LogP contribution in [0, 0.1) is 0 Å². The van der Waals surface area contributed by atoms with Gasteiger partial charge in [-0.15, -0.1) is 39.5 Å². The highest BCUT2D eigenvalue weighted by molar-refractivity contribution is 4.49. The fraction of sp³-hybridized carbons (Fsp3) is 0.793. The molecule has 0 rings (SSSR count). The first-order valence-electron chi connectivity index (χ1n) is 13.2. The summed E-state index contributed by atoms with van der Waals surface area (Å²) in [6, 6.07) is 0. The van der Waals surface area contributed by atoms with Gasteiger partial charge < -0.3 is 25.2 Å². The summed E-state index contributed by atoms with van der Waals surface area (Å²) in [7, 11) is 1.00. The lowest BCUT2D eigenvalue weighted by molar-refractivity contribution is 0.0650. The predicted molar refractivity (Wildman–Crippen MR) is 154 cm³/mol. The van der Waals surface area contributed by atoms with Crippen molar-refractivity contribution in [3.8, 4) is 0 Å². The number of unbranched alkanes of at least 4 members (excludes halogenated alkanes) is 15. The van der Waals surface area contributed by atoms with Crippen molar-refractivity contribution in [3.63, 3.8) is 0 Å². The van der Waals surface area contributed by atoms with Crippen LogP contribution in [-0.2, 0) is 4.74 Å². The molecule has 0 fully saturated rings. The largest absolute Gasteiger partial charge is 0.400 e. The molecule has 0 amide bonds. The number of rotatable bonds is 20. The second kappa shape index (κ2) is 69.7. The number of aliphatic hydroxyl groups excluding tert-OH is 4. The van der Waals surface area contributed by atoms with E-state index in [1.807, 2.05) is 0 Å². The van der Waals surface area contributed by atoms with Crippen LogP contribution in [0.5, 0.6) is 0 Å². The second-order valence-corrected chi connectivity index (χ2v) is 7.09. The molecule has 5 heteroatoms. The van der Waals surface area contributed by atoms with Crippen LogP contribution in [0.1, 0.15) is 110 Å². The Balaban J connectivity index is -0.000000108. The van der Waals surface area contributed by atoms with Crippen LogP contribution in [-0.4, -0.2) is 60.6 Å². The van der Waals surface area contributed by atoms with Gasteiger partial charge in [-0.05, 0) is 6.42 Å². The highest BCUT2D eigenvalue weighted by Gasteiger charge is 1.94. The molecule has 0 aromatic heterocycles. The van der Waals surface area contributed by atoms with Crippen LogP contribution in [0.15, 0.2) is 39.5 Å². The van der Waals surface area contributed by atoms with Crippen LogP contribution in [0.2, 0.25) is 0 Å².